The number of ether oxygens (including phenoxy) is 1. The summed E-state index contributed by atoms with van der Waals surface area (Å²) in [6.45, 7) is 2.62. The number of rotatable bonds is 4. The summed E-state index contributed by atoms with van der Waals surface area (Å²) in [6, 6.07) is 13.4. The van der Waals surface area contributed by atoms with E-state index in [0.29, 0.717) is 16.7 Å². The van der Waals surface area contributed by atoms with Crippen molar-refractivity contribution < 1.29 is 4.74 Å². The SMILES string of the molecule is CCOc1ccc(C(Br)c2c(Cl)cccc2Cl)cc1. The first kappa shape index (κ1) is 14.7. The van der Waals surface area contributed by atoms with Crippen molar-refractivity contribution in [1.29, 1.82) is 0 Å². The predicted molar refractivity (Wildman–Crippen MR) is 84.8 cm³/mol. The minimum absolute atomic E-state index is 0.0376. The third kappa shape index (κ3) is 3.44. The molecule has 0 radical (unpaired) electrons. The Bertz CT molecular complexity index is 534. The molecule has 2 aromatic rings. The zero-order valence-corrected chi connectivity index (χ0v) is 13.5. The van der Waals surface area contributed by atoms with Crippen molar-refractivity contribution in [2.24, 2.45) is 0 Å². The molecule has 1 nitrogen and oxygen atoms in total. The molecule has 0 amide bonds. The maximum absolute atomic E-state index is 6.22. The van der Waals surface area contributed by atoms with E-state index >= 15 is 0 Å². The van der Waals surface area contributed by atoms with Gasteiger partial charge in [0.2, 0.25) is 0 Å². The Morgan fingerprint density at radius 2 is 1.63 bits per heavy atom. The van der Waals surface area contributed by atoms with Gasteiger partial charge in [-0.3, -0.25) is 0 Å². The Hall–Kier alpha value is -0.700. The van der Waals surface area contributed by atoms with E-state index in [0.717, 1.165) is 16.9 Å². The predicted octanol–water partition coefficient (Wildman–Crippen LogP) is 5.88. The normalized spacial score (nSPS) is 12.2. The molecule has 0 saturated carbocycles. The van der Waals surface area contributed by atoms with Crippen molar-refractivity contribution in [3.05, 3.63) is 63.6 Å². The molecule has 19 heavy (non-hydrogen) atoms. The van der Waals surface area contributed by atoms with Gasteiger partial charge in [-0.2, -0.15) is 0 Å². The molecule has 1 atom stereocenters. The molecule has 0 saturated heterocycles. The fourth-order valence-corrected chi connectivity index (χ4v) is 3.50. The molecular formula is C15H13BrCl2O. The van der Waals surface area contributed by atoms with Crippen LogP contribution in [0.1, 0.15) is 22.9 Å². The number of halogens is 3. The van der Waals surface area contributed by atoms with Crippen LogP contribution in [-0.2, 0) is 0 Å². The summed E-state index contributed by atoms with van der Waals surface area (Å²) in [5, 5.41) is 1.31. The Morgan fingerprint density at radius 3 is 2.16 bits per heavy atom. The largest absolute Gasteiger partial charge is 0.494 e. The lowest BCUT2D eigenvalue weighted by Gasteiger charge is -2.14. The van der Waals surface area contributed by atoms with Gasteiger partial charge in [-0.15, -0.1) is 0 Å². The number of alkyl halides is 1. The molecule has 100 valence electrons. The van der Waals surface area contributed by atoms with Gasteiger partial charge < -0.3 is 4.74 Å². The summed E-state index contributed by atoms with van der Waals surface area (Å²) in [7, 11) is 0. The van der Waals surface area contributed by atoms with Gasteiger partial charge in [-0.05, 0) is 36.8 Å². The van der Waals surface area contributed by atoms with Gasteiger partial charge in [-0.25, -0.2) is 0 Å². The van der Waals surface area contributed by atoms with Crippen molar-refractivity contribution >= 4 is 39.1 Å². The average molecular weight is 360 g/mol. The highest BCUT2D eigenvalue weighted by Crippen LogP contribution is 2.39. The second-order valence-electron chi connectivity index (χ2n) is 4.00. The fraction of sp³-hybridized carbons (Fsp3) is 0.200. The van der Waals surface area contributed by atoms with Crippen LogP contribution in [0.4, 0.5) is 0 Å². The number of benzene rings is 2. The van der Waals surface area contributed by atoms with Gasteiger partial charge >= 0.3 is 0 Å². The first-order chi connectivity index (χ1) is 9.13. The van der Waals surface area contributed by atoms with Crippen molar-refractivity contribution in [2.75, 3.05) is 6.61 Å². The monoisotopic (exact) mass is 358 g/mol. The zero-order chi connectivity index (χ0) is 13.8. The van der Waals surface area contributed by atoms with Crippen LogP contribution in [0, 0.1) is 0 Å². The molecule has 1 unspecified atom stereocenters. The molecule has 0 bridgehead atoms. The number of hydrogen-bond donors (Lipinski definition) is 0. The molecule has 0 aliphatic rings. The zero-order valence-electron chi connectivity index (χ0n) is 10.4. The van der Waals surface area contributed by atoms with Gasteiger partial charge in [0, 0.05) is 15.6 Å². The molecule has 0 N–H and O–H groups in total. The van der Waals surface area contributed by atoms with Gasteiger partial charge in [0.15, 0.2) is 0 Å². The van der Waals surface area contributed by atoms with E-state index in [1.54, 1.807) is 0 Å². The van der Waals surface area contributed by atoms with Crippen LogP contribution in [-0.4, -0.2) is 6.61 Å². The van der Waals surface area contributed by atoms with Crippen LogP contribution in [0.3, 0.4) is 0 Å². The van der Waals surface area contributed by atoms with Crippen molar-refractivity contribution in [1.82, 2.24) is 0 Å². The minimum atomic E-state index is -0.0376. The van der Waals surface area contributed by atoms with Crippen LogP contribution in [0.15, 0.2) is 42.5 Å². The van der Waals surface area contributed by atoms with Gasteiger partial charge in [-0.1, -0.05) is 57.3 Å². The van der Waals surface area contributed by atoms with Crippen LogP contribution >= 0.6 is 39.1 Å². The fourth-order valence-electron chi connectivity index (χ4n) is 1.82. The van der Waals surface area contributed by atoms with E-state index in [1.807, 2.05) is 49.4 Å². The summed E-state index contributed by atoms with van der Waals surface area (Å²) in [4.78, 5) is -0.0376. The molecule has 2 rings (SSSR count). The molecule has 0 aromatic heterocycles. The van der Waals surface area contributed by atoms with Crippen molar-refractivity contribution in [3.63, 3.8) is 0 Å². The van der Waals surface area contributed by atoms with E-state index in [1.165, 1.54) is 0 Å². The van der Waals surface area contributed by atoms with Gasteiger partial charge in [0.25, 0.3) is 0 Å². The second-order valence-corrected chi connectivity index (χ2v) is 5.73. The molecule has 2 aromatic carbocycles. The molecule has 0 aliphatic heterocycles. The second kappa shape index (κ2) is 6.65. The Morgan fingerprint density at radius 1 is 1.05 bits per heavy atom. The molecule has 0 heterocycles. The van der Waals surface area contributed by atoms with E-state index in [-0.39, 0.29) is 4.83 Å². The summed E-state index contributed by atoms with van der Waals surface area (Å²) < 4.78 is 5.43. The molecule has 0 fully saturated rings. The standard InChI is InChI=1S/C15H13BrCl2O/c1-2-19-11-8-6-10(7-9-11)15(16)14-12(17)4-3-5-13(14)18/h3-9,15H,2H2,1H3. The highest BCUT2D eigenvalue weighted by molar-refractivity contribution is 9.09. The van der Waals surface area contributed by atoms with Gasteiger partial charge in [0.05, 0.1) is 11.4 Å². The summed E-state index contributed by atoms with van der Waals surface area (Å²) in [6.07, 6.45) is 0. The molecule has 0 aliphatic carbocycles. The third-order valence-electron chi connectivity index (χ3n) is 2.74. The van der Waals surface area contributed by atoms with Crippen LogP contribution < -0.4 is 4.74 Å². The van der Waals surface area contributed by atoms with Gasteiger partial charge in [0.1, 0.15) is 5.75 Å². The summed E-state index contributed by atoms with van der Waals surface area (Å²) in [5.41, 5.74) is 1.97. The van der Waals surface area contributed by atoms with E-state index < -0.39 is 0 Å². The summed E-state index contributed by atoms with van der Waals surface area (Å²) >= 11 is 16.1. The lowest BCUT2D eigenvalue weighted by molar-refractivity contribution is 0.340. The van der Waals surface area contributed by atoms with Crippen LogP contribution in [0.5, 0.6) is 5.75 Å². The topological polar surface area (TPSA) is 9.23 Å². The maximum atomic E-state index is 6.22. The highest BCUT2D eigenvalue weighted by atomic mass is 79.9. The van der Waals surface area contributed by atoms with Crippen LogP contribution in [0.25, 0.3) is 0 Å². The average Bonchev–Trinajstić information content (AvgIpc) is 2.39. The Labute approximate surface area is 131 Å². The first-order valence-corrected chi connectivity index (χ1v) is 7.61. The Balaban J connectivity index is 2.31. The van der Waals surface area contributed by atoms with Crippen molar-refractivity contribution in [3.8, 4) is 5.75 Å². The molecule has 0 spiro atoms. The van der Waals surface area contributed by atoms with E-state index in [2.05, 4.69) is 15.9 Å². The lowest BCUT2D eigenvalue weighted by atomic mass is 10.0. The number of hydrogen-bond acceptors (Lipinski definition) is 1. The summed E-state index contributed by atoms with van der Waals surface area (Å²) in [5.74, 6) is 0.858. The maximum Gasteiger partial charge on any atom is 0.119 e. The first-order valence-electron chi connectivity index (χ1n) is 5.94. The highest BCUT2D eigenvalue weighted by Gasteiger charge is 2.17. The quantitative estimate of drug-likeness (QED) is 0.619. The lowest BCUT2D eigenvalue weighted by Crippen LogP contribution is -1.96. The third-order valence-corrected chi connectivity index (χ3v) is 4.38. The van der Waals surface area contributed by atoms with Crippen LogP contribution in [0.2, 0.25) is 10.0 Å². The van der Waals surface area contributed by atoms with E-state index in [9.17, 15) is 0 Å². The minimum Gasteiger partial charge on any atom is -0.494 e. The molecule has 4 heteroatoms. The Kier molecular flexibility index (Phi) is 5.14. The van der Waals surface area contributed by atoms with Crippen molar-refractivity contribution in [2.45, 2.75) is 11.8 Å². The molecular weight excluding hydrogens is 347 g/mol. The van der Waals surface area contributed by atoms with E-state index in [4.69, 9.17) is 27.9 Å². The smallest absolute Gasteiger partial charge is 0.119 e.